The minimum Gasteiger partial charge on any atom is -0.378 e. The number of amides is 2. The lowest BCUT2D eigenvalue weighted by Gasteiger charge is -2.28. The quantitative estimate of drug-likeness (QED) is 0.678. The second-order valence-electron chi connectivity index (χ2n) is 4.97. The van der Waals surface area contributed by atoms with Crippen LogP contribution in [0.3, 0.4) is 0 Å². The van der Waals surface area contributed by atoms with Gasteiger partial charge in [0, 0.05) is 31.5 Å². The highest BCUT2D eigenvalue weighted by Gasteiger charge is 2.11. The van der Waals surface area contributed by atoms with Crippen LogP contribution >= 0.6 is 0 Å². The van der Waals surface area contributed by atoms with Gasteiger partial charge in [0.1, 0.15) is 0 Å². The van der Waals surface area contributed by atoms with Crippen LogP contribution in [0.5, 0.6) is 0 Å². The first kappa shape index (κ1) is 16.3. The average molecular weight is 306 g/mol. The fourth-order valence-electron chi connectivity index (χ4n) is 2.16. The van der Waals surface area contributed by atoms with Crippen molar-refractivity contribution in [3.63, 3.8) is 0 Å². The lowest BCUT2D eigenvalue weighted by atomic mass is 10.2. The lowest BCUT2D eigenvalue weighted by Crippen LogP contribution is -2.36. The molecule has 1 aliphatic rings. The van der Waals surface area contributed by atoms with E-state index in [1.807, 2.05) is 24.3 Å². The van der Waals surface area contributed by atoms with Crippen molar-refractivity contribution in [3.05, 3.63) is 24.3 Å². The largest absolute Gasteiger partial charge is 0.378 e. The molecule has 0 radical (unpaired) electrons. The van der Waals surface area contributed by atoms with Crippen LogP contribution < -0.4 is 20.9 Å². The standard InChI is InChI=1S/C15H22N4O3/c1-16-14(20)10-17-11-15(21)18-12-2-4-13(5-3-12)19-6-8-22-9-7-19/h2-5,17H,6-11H2,1H3,(H,16,20)(H,18,21). The summed E-state index contributed by atoms with van der Waals surface area (Å²) in [5.41, 5.74) is 1.86. The molecule has 0 aliphatic carbocycles. The van der Waals surface area contributed by atoms with Crippen molar-refractivity contribution in [1.82, 2.24) is 10.6 Å². The van der Waals surface area contributed by atoms with Gasteiger partial charge >= 0.3 is 0 Å². The number of morpholine rings is 1. The molecule has 0 atom stereocenters. The molecule has 22 heavy (non-hydrogen) atoms. The van der Waals surface area contributed by atoms with Gasteiger partial charge in [0.2, 0.25) is 11.8 Å². The van der Waals surface area contributed by atoms with Gasteiger partial charge in [-0.05, 0) is 24.3 Å². The number of ether oxygens (including phenoxy) is 1. The van der Waals surface area contributed by atoms with Gasteiger partial charge in [-0.3, -0.25) is 14.9 Å². The summed E-state index contributed by atoms with van der Waals surface area (Å²) in [7, 11) is 1.56. The topological polar surface area (TPSA) is 82.7 Å². The van der Waals surface area contributed by atoms with Crippen LogP contribution in [0, 0.1) is 0 Å². The molecule has 3 N–H and O–H groups in total. The van der Waals surface area contributed by atoms with E-state index in [4.69, 9.17) is 4.74 Å². The molecule has 7 nitrogen and oxygen atoms in total. The molecule has 7 heteroatoms. The molecule has 0 saturated carbocycles. The number of hydrogen-bond donors (Lipinski definition) is 3. The molecule has 0 bridgehead atoms. The second kappa shape index (κ2) is 8.35. The smallest absolute Gasteiger partial charge is 0.238 e. The van der Waals surface area contributed by atoms with Crippen molar-refractivity contribution < 1.29 is 14.3 Å². The van der Waals surface area contributed by atoms with E-state index in [1.165, 1.54) is 0 Å². The summed E-state index contributed by atoms with van der Waals surface area (Å²) in [6.07, 6.45) is 0. The average Bonchev–Trinajstić information content (AvgIpc) is 2.56. The van der Waals surface area contributed by atoms with E-state index in [0.717, 1.165) is 37.7 Å². The number of nitrogens with zero attached hydrogens (tertiary/aromatic N) is 1. The van der Waals surface area contributed by atoms with Gasteiger partial charge in [-0.2, -0.15) is 0 Å². The van der Waals surface area contributed by atoms with Gasteiger partial charge in [0.05, 0.1) is 26.3 Å². The molecule has 1 heterocycles. The zero-order chi connectivity index (χ0) is 15.8. The SMILES string of the molecule is CNC(=O)CNCC(=O)Nc1ccc(N2CCOCC2)cc1. The first-order chi connectivity index (χ1) is 10.7. The fourth-order valence-corrected chi connectivity index (χ4v) is 2.16. The summed E-state index contributed by atoms with van der Waals surface area (Å²) in [6.45, 7) is 3.48. The molecule has 0 spiro atoms. The summed E-state index contributed by atoms with van der Waals surface area (Å²) < 4.78 is 5.33. The van der Waals surface area contributed by atoms with Crippen molar-refractivity contribution in [3.8, 4) is 0 Å². The van der Waals surface area contributed by atoms with Crippen LogP contribution in [-0.4, -0.2) is 58.3 Å². The molecular weight excluding hydrogens is 284 g/mol. The minimum absolute atomic E-state index is 0.0959. The molecule has 1 aliphatic heterocycles. The van der Waals surface area contributed by atoms with Gasteiger partial charge in [-0.25, -0.2) is 0 Å². The Morgan fingerprint density at radius 3 is 2.36 bits per heavy atom. The van der Waals surface area contributed by atoms with Gasteiger partial charge in [-0.15, -0.1) is 0 Å². The van der Waals surface area contributed by atoms with Crippen molar-refractivity contribution in [2.45, 2.75) is 0 Å². The van der Waals surface area contributed by atoms with Crippen molar-refractivity contribution >= 4 is 23.2 Å². The van der Waals surface area contributed by atoms with E-state index in [2.05, 4.69) is 20.9 Å². The first-order valence-corrected chi connectivity index (χ1v) is 7.33. The van der Waals surface area contributed by atoms with Crippen molar-refractivity contribution in [2.24, 2.45) is 0 Å². The summed E-state index contributed by atoms with van der Waals surface area (Å²) in [6, 6.07) is 7.72. The Balaban J connectivity index is 1.78. The van der Waals surface area contributed by atoms with E-state index in [-0.39, 0.29) is 24.9 Å². The normalized spacial score (nSPS) is 14.5. The zero-order valence-corrected chi connectivity index (χ0v) is 12.7. The number of anilines is 2. The van der Waals surface area contributed by atoms with Gasteiger partial charge < -0.3 is 20.3 Å². The number of carbonyl (C=O) groups excluding carboxylic acids is 2. The minimum atomic E-state index is -0.178. The molecular formula is C15H22N4O3. The molecule has 1 saturated heterocycles. The third-order valence-electron chi connectivity index (χ3n) is 3.38. The van der Waals surface area contributed by atoms with Crippen LogP contribution in [0.25, 0.3) is 0 Å². The Labute approximate surface area is 130 Å². The number of hydrogen-bond acceptors (Lipinski definition) is 5. The van der Waals surface area contributed by atoms with Crippen molar-refractivity contribution in [2.75, 3.05) is 56.7 Å². The summed E-state index contributed by atoms with van der Waals surface area (Å²) >= 11 is 0. The molecule has 2 rings (SSSR count). The maximum atomic E-state index is 11.7. The lowest BCUT2D eigenvalue weighted by molar-refractivity contribution is -0.119. The predicted molar refractivity (Wildman–Crippen MR) is 85.0 cm³/mol. The Kier molecular flexibility index (Phi) is 6.17. The second-order valence-corrected chi connectivity index (χ2v) is 4.97. The Bertz CT molecular complexity index is 498. The Morgan fingerprint density at radius 1 is 1.09 bits per heavy atom. The van der Waals surface area contributed by atoms with E-state index in [1.54, 1.807) is 7.05 Å². The molecule has 120 valence electrons. The molecule has 2 amide bonds. The highest BCUT2D eigenvalue weighted by molar-refractivity contribution is 5.92. The zero-order valence-electron chi connectivity index (χ0n) is 12.7. The maximum absolute atomic E-state index is 11.7. The third kappa shape index (κ3) is 5.01. The highest BCUT2D eigenvalue weighted by Crippen LogP contribution is 2.18. The number of nitrogens with one attached hydrogen (secondary N) is 3. The number of carbonyl (C=O) groups is 2. The van der Waals surface area contributed by atoms with Crippen LogP contribution in [0.1, 0.15) is 0 Å². The monoisotopic (exact) mass is 306 g/mol. The van der Waals surface area contributed by atoms with Crippen LogP contribution in [0.4, 0.5) is 11.4 Å². The third-order valence-corrected chi connectivity index (χ3v) is 3.38. The Hall–Kier alpha value is -2.12. The molecule has 1 fully saturated rings. The van der Waals surface area contributed by atoms with Gasteiger partial charge in [-0.1, -0.05) is 0 Å². The number of benzene rings is 1. The highest BCUT2D eigenvalue weighted by atomic mass is 16.5. The van der Waals surface area contributed by atoms with Crippen LogP contribution in [0.2, 0.25) is 0 Å². The molecule has 1 aromatic carbocycles. The molecule has 0 unspecified atom stereocenters. The predicted octanol–water partition coefficient (Wildman–Crippen LogP) is -0.203. The van der Waals surface area contributed by atoms with Crippen LogP contribution in [0.15, 0.2) is 24.3 Å². The molecule has 0 aromatic heterocycles. The number of likely N-dealkylation sites (N-methyl/N-ethyl adjacent to an activating group) is 1. The number of rotatable bonds is 6. The summed E-state index contributed by atoms with van der Waals surface area (Å²) in [5, 5.41) is 8.04. The Morgan fingerprint density at radius 2 is 1.73 bits per heavy atom. The fraction of sp³-hybridized carbons (Fsp3) is 0.467. The van der Waals surface area contributed by atoms with Gasteiger partial charge in [0.15, 0.2) is 0 Å². The van der Waals surface area contributed by atoms with E-state index in [0.29, 0.717) is 0 Å². The summed E-state index contributed by atoms with van der Waals surface area (Å²) in [5.74, 6) is -0.328. The van der Waals surface area contributed by atoms with Crippen molar-refractivity contribution in [1.29, 1.82) is 0 Å². The molecule has 1 aromatic rings. The summed E-state index contributed by atoms with van der Waals surface area (Å²) in [4.78, 5) is 25.0. The van der Waals surface area contributed by atoms with E-state index in [9.17, 15) is 9.59 Å². The first-order valence-electron chi connectivity index (χ1n) is 7.33. The van der Waals surface area contributed by atoms with Gasteiger partial charge in [0.25, 0.3) is 0 Å². The van der Waals surface area contributed by atoms with E-state index >= 15 is 0 Å². The van der Waals surface area contributed by atoms with E-state index < -0.39 is 0 Å². The maximum Gasteiger partial charge on any atom is 0.238 e. The van der Waals surface area contributed by atoms with Crippen LogP contribution in [-0.2, 0) is 14.3 Å².